The minimum absolute atomic E-state index is 0.147. The lowest BCUT2D eigenvalue weighted by atomic mass is 10.5. The predicted octanol–water partition coefficient (Wildman–Crippen LogP) is 1.67. The Morgan fingerprint density at radius 2 is 1.90 bits per heavy atom. The first kappa shape index (κ1) is 14.4. The van der Waals surface area contributed by atoms with E-state index in [2.05, 4.69) is 30.4 Å². The number of nitrogens with one attached hydrogen (secondary N) is 1. The van der Waals surface area contributed by atoms with Crippen LogP contribution in [0.5, 0.6) is 0 Å². The van der Waals surface area contributed by atoms with Crippen molar-refractivity contribution < 1.29 is 4.52 Å². The second-order valence-electron chi connectivity index (χ2n) is 3.98. The fraction of sp³-hybridized carbons (Fsp3) is 0.545. The highest BCUT2D eigenvalue weighted by atomic mass is 35.5. The molecule has 2 rings (SSSR count). The molecule has 2 aromatic heterocycles. The van der Waals surface area contributed by atoms with Gasteiger partial charge in [-0.25, -0.2) is 0 Å². The molecule has 20 heavy (non-hydrogen) atoms. The zero-order valence-corrected chi connectivity index (χ0v) is 12.3. The Labute approximate surface area is 121 Å². The lowest BCUT2D eigenvalue weighted by Gasteiger charge is -2.18. The van der Waals surface area contributed by atoms with E-state index < -0.39 is 0 Å². The molecule has 0 spiro atoms. The third-order valence-electron chi connectivity index (χ3n) is 2.62. The fourth-order valence-corrected chi connectivity index (χ4v) is 1.79. The number of nitrogens with zero attached hydrogens (tertiary/aromatic N) is 6. The first-order valence-electron chi connectivity index (χ1n) is 6.32. The monoisotopic (exact) mass is 297 g/mol. The van der Waals surface area contributed by atoms with Gasteiger partial charge in [-0.1, -0.05) is 5.16 Å². The Bertz CT molecular complexity index is 570. The van der Waals surface area contributed by atoms with Gasteiger partial charge in [-0.2, -0.15) is 19.9 Å². The first-order chi connectivity index (χ1) is 9.62. The topological polar surface area (TPSA) is 92.9 Å². The number of anilines is 2. The standard InChI is InChI=1S/C11H16ClN7O/c1-4-19(5-2)11-16-9(12)15-10(17-11)13-6-8-14-7(3)20-18-8/h4-6H2,1-3H3,(H,13,15,16,17). The average molecular weight is 298 g/mol. The molecule has 1 N–H and O–H groups in total. The zero-order chi connectivity index (χ0) is 14.5. The van der Waals surface area contributed by atoms with E-state index in [1.54, 1.807) is 6.92 Å². The molecular formula is C11H16ClN7O. The van der Waals surface area contributed by atoms with Crippen LogP contribution < -0.4 is 10.2 Å². The van der Waals surface area contributed by atoms with Crippen molar-refractivity contribution in [2.24, 2.45) is 0 Å². The SMILES string of the molecule is CCN(CC)c1nc(Cl)nc(NCc2noc(C)n2)n1. The minimum atomic E-state index is 0.147. The Balaban J connectivity index is 2.11. The smallest absolute Gasteiger partial charge is 0.231 e. The van der Waals surface area contributed by atoms with Crippen LogP contribution >= 0.6 is 11.6 Å². The van der Waals surface area contributed by atoms with Gasteiger partial charge in [0.05, 0.1) is 6.54 Å². The van der Waals surface area contributed by atoms with Crippen LogP contribution in [0.2, 0.25) is 5.28 Å². The molecule has 0 atom stereocenters. The maximum Gasteiger partial charge on any atom is 0.231 e. The van der Waals surface area contributed by atoms with Crippen LogP contribution in [0.4, 0.5) is 11.9 Å². The Kier molecular flexibility index (Phi) is 4.67. The van der Waals surface area contributed by atoms with Crippen LogP contribution in [0, 0.1) is 6.92 Å². The van der Waals surface area contributed by atoms with Crippen molar-refractivity contribution in [1.29, 1.82) is 0 Å². The van der Waals surface area contributed by atoms with Gasteiger partial charge in [0.2, 0.25) is 23.1 Å². The molecule has 0 aliphatic rings. The molecule has 0 bridgehead atoms. The third-order valence-corrected chi connectivity index (χ3v) is 2.79. The average Bonchev–Trinajstić information content (AvgIpc) is 2.83. The molecule has 0 aliphatic heterocycles. The molecule has 0 unspecified atom stereocenters. The second kappa shape index (κ2) is 6.47. The number of aryl methyl sites for hydroxylation is 1. The van der Waals surface area contributed by atoms with Crippen molar-refractivity contribution in [1.82, 2.24) is 25.1 Å². The molecular weight excluding hydrogens is 282 g/mol. The predicted molar refractivity (Wildman–Crippen MR) is 74.8 cm³/mol. The van der Waals surface area contributed by atoms with Gasteiger partial charge in [-0.3, -0.25) is 0 Å². The summed E-state index contributed by atoms with van der Waals surface area (Å²) in [4.78, 5) is 18.5. The summed E-state index contributed by atoms with van der Waals surface area (Å²) in [5.74, 6) is 1.97. The van der Waals surface area contributed by atoms with Gasteiger partial charge in [-0.15, -0.1) is 0 Å². The Hall–Kier alpha value is -1.96. The second-order valence-corrected chi connectivity index (χ2v) is 4.32. The first-order valence-corrected chi connectivity index (χ1v) is 6.69. The summed E-state index contributed by atoms with van der Waals surface area (Å²) in [6, 6.07) is 0. The van der Waals surface area contributed by atoms with E-state index in [1.807, 2.05) is 18.7 Å². The Morgan fingerprint density at radius 3 is 2.50 bits per heavy atom. The number of aromatic nitrogens is 5. The number of halogens is 1. The number of rotatable bonds is 6. The molecule has 0 saturated carbocycles. The lowest BCUT2D eigenvalue weighted by Crippen LogP contribution is -2.25. The maximum atomic E-state index is 5.92. The molecule has 0 aliphatic carbocycles. The summed E-state index contributed by atoms with van der Waals surface area (Å²) in [6.45, 7) is 7.72. The van der Waals surface area contributed by atoms with Gasteiger partial charge in [0, 0.05) is 20.0 Å². The van der Waals surface area contributed by atoms with Crippen molar-refractivity contribution in [2.75, 3.05) is 23.3 Å². The summed E-state index contributed by atoms with van der Waals surface area (Å²) >= 11 is 5.92. The molecule has 0 aromatic carbocycles. The van der Waals surface area contributed by atoms with Crippen LogP contribution in [0.15, 0.2) is 4.52 Å². The van der Waals surface area contributed by atoms with Gasteiger partial charge < -0.3 is 14.7 Å². The highest BCUT2D eigenvalue weighted by Crippen LogP contribution is 2.13. The van der Waals surface area contributed by atoms with Crippen molar-refractivity contribution in [3.8, 4) is 0 Å². The molecule has 2 heterocycles. The largest absolute Gasteiger partial charge is 0.347 e. The third kappa shape index (κ3) is 3.53. The lowest BCUT2D eigenvalue weighted by molar-refractivity contribution is 0.388. The van der Waals surface area contributed by atoms with Crippen LogP contribution in [0.25, 0.3) is 0 Å². The van der Waals surface area contributed by atoms with Crippen molar-refractivity contribution in [3.05, 3.63) is 17.0 Å². The molecule has 8 nitrogen and oxygen atoms in total. The molecule has 0 radical (unpaired) electrons. The molecule has 0 amide bonds. The maximum absolute atomic E-state index is 5.92. The van der Waals surface area contributed by atoms with Gasteiger partial charge in [0.15, 0.2) is 5.82 Å². The van der Waals surface area contributed by atoms with Gasteiger partial charge in [0.25, 0.3) is 0 Å². The normalized spacial score (nSPS) is 10.6. The highest BCUT2D eigenvalue weighted by Gasteiger charge is 2.10. The quantitative estimate of drug-likeness (QED) is 0.860. The molecule has 108 valence electrons. The molecule has 0 saturated heterocycles. The zero-order valence-electron chi connectivity index (χ0n) is 11.6. The summed E-state index contributed by atoms with van der Waals surface area (Å²) in [7, 11) is 0. The van der Waals surface area contributed by atoms with Crippen LogP contribution in [0.1, 0.15) is 25.6 Å². The molecule has 0 fully saturated rings. The minimum Gasteiger partial charge on any atom is -0.347 e. The van der Waals surface area contributed by atoms with Gasteiger partial charge >= 0.3 is 0 Å². The summed E-state index contributed by atoms with van der Waals surface area (Å²) < 4.78 is 4.88. The van der Waals surface area contributed by atoms with Gasteiger partial charge in [-0.05, 0) is 25.4 Å². The van der Waals surface area contributed by atoms with Crippen LogP contribution in [-0.2, 0) is 6.54 Å². The van der Waals surface area contributed by atoms with Crippen molar-refractivity contribution >= 4 is 23.5 Å². The summed E-state index contributed by atoms with van der Waals surface area (Å²) in [6.07, 6.45) is 0. The summed E-state index contributed by atoms with van der Waals surface area (Å²) in [5, 5.41) is 6.93. The van der Waals surface area contributed by atoms with E-state index in [4.69, 9.17) is 16.1 Å². The van der Waals surface area contributed by atoms with E-state index >= 15 is 0 Å². The molecule has 9 heteroatoms. The van der Waals surface area contributed by atoms with Crippen molar-refractivity contribution in [2.45, 2.75) is 27.3 Å². The fourth-order valence-electron chi connectivity index (χ4n) is 1.64. The van der Waals surface area contributed by atoms with E-state index in [-0.39, 0.29) is 5.28 Å². The van der Waals surface area contributed by atoms with Crippen molar-refractivity contribution in [3.63, 3.8) is 0 Å². The highest BCUT2D eigenvalue weighted by molar-refractivity contribution is 6.28. The van der Waals surface area contributed by atoms with E-state index in [0.29, 0.717) is 30.2 Å². The van der Waals surface area contributed by atoms with E-state index in [0.717, 1.165) is 13.1 Å². The van der Waals surface area contributed by atoms with Crippen LogP contribution in [0.3, 0.4) is 0 Å². The van der Waals surface area contributed by atoms with Gasteiger partial charge in [0.1, 0.15) is 0 Å². The summed E-state index contributed by atoms with van der Waals surface area (Å²) in [5.41, 5.74) is 0. The number of hydrogen-bond acceptors (Lipinski definition) is 8. The molecule has 2 aromatic rings. The van der Waals surface area contributed by atoms with E-state index in [1.165, 1.54) is 0 Å². The van der Waals surface area contributed by atoms with Crippen LogP contribution in [-0.4, -0.2) is 38.2 Å². The van der Waals surface area contributed by atoms with E-state index in [9.17, 15) is 0 Å². The number of hydrogen-bond donors (Lipinski definition) is 1. The Morgan fingerprint density at radius 1 is 1.15 bits per heavy atom.